The number of carbonyl (C=O) groups excluding carboxylic acids is 1. The summed E-state index contributed by atoms with van der Waals surface area (Å²) < 4.78 is 8.49. The molecule has 2 unspecified atom stereocenters. The average molecular weight is 357 g/mol. The topological polar surface area (TPSA) is 44.1 Å². The SMILES string of the molecule is CCc1nn(C)c(CC(=O)C2(OC)CCCC(C)C2)c1Br. The van der Waals surface area contributed by atoms with E-state index in [1.807, 2.05) is 11.7 Å². The van der Waals surface area contributed by atoms with Crippen LogP contribution >= 0.6 is 15.9 Å². The highest BCUT2D eigenvalue weighted by Gasteiger charge is 2.41. The van der Waals surface area contributed by atoms with Crippen molar-refractivity contribution in [2.45, 2.75) is 58.0 Å². The Balaban J connectivity index is 2.22. The minimum absolute atomic E-state index is 0.183. The summed E-state index contributed by atoms with van der Waals surface area (Å²) in [4.78, 5) is 12.9. The van der Waals surface area contributed by atoms with Crippen LogP contribution in [0, 0.1) is 5.92 Å². The number of nitrogens with zero attached hydrogens (tertiary/aromatic N) is 2. The first kappa shape index (κ1) is 16.7. The van der Waals surface area contributed by atoms with E-state index in [1.165, 1.54) is 6.42 Å². The molecule has 1 aliphatic rings. The van der Waals surface area contributed by atoms with Gasteiger partial charge in [0, 0.05) is 14.2 Å². The number of carbonyl (C=O) groups is 1. The molecule has 1 fully saturated rings. The monoisotopic (exact) mass is 356 g/mol. The van der Waals surface area contributed by atoms with Gasteiger partial charge in [-0.2, -0.15) is 5.10 Å². The lowest BCUT2D eigenvalue weighted by Gasteiger charge is -2.37. The first-order chi connectivity index (χ1) is 9.93. The highest BCUT2D eigenvalue weighted by Crippen LogP contribution is 2.36. The smallest absolute Gasteiger partial charge is 0.170 e. The summed E-state index contributed by atoms with van der Waals surface area (Å²) in [6, 6.07) is 0. The van der Waals surface area contributed by atoms with Crippen LogP contribution in [0.3, 0.4) is 0 Å². The van der Waals surface area contributed by atoms with Crippen molar-refractivity contribution in [3.05, 3.63) is 15.9 Å². The van der Waals surface area contributed by atoms with Crippen LogP contribution in [0.5, 0.6) is 0 Å². The molecule has 0 bridgehead atoms. The van der Waals surface area contributed by atoms with Crippen molar-refractivity contribution < 1.29 is 9.53 Å². The summed E-state index contributed by atoms with van der Waals surface area (Å²) in [5, 5.41) is 4.47. The van der Waals surface area contributed by atoms with Crippen molar-refractivity contribution in [3.63, 3.8) is 0 Å². The number of methoxy groups -OCH3 is 1. The van der Waals surface area contributed by atoms with Crippen LogP contribution in [0.2, 0.25) is 0 Å². The molecule has 0 amide bonds. The van der Waals surface area contributed by atoms with Crippen LogP contribution < -0.4 is 0 Å². The van der Waals surface area contributed by atoms with Gasteiger partial charge in [-0.3, -0.25) is 9.48 Å². The molecule has 0 N–H and O–H groups in total. The number of aromatic nitrogens is 2. The van der Waals surface area contributed by atoms with Crippen molar-refractivity contribution in [2.24, 2.45) is 13.0 Å². The Bertz CT molecular complexity index is 527. The van der Waals surface area contributed by atoms with E-state index < -0.39 is 5.60 Å². The number of rotatable bonds is 5. The molecule has 2 atom stereocenters. The maximum Gasteiger partial charge on any atom is 0.170 e. The maximum absolute atomic E-state index is 12.9. The number of ketones is 1. The highest BCUT2D eigenvalue weighted by molar-refractivity contribution is 9.10. The molecule has 0 spiro atoms. The Morgan fingerprint density at radius 2 is 2.29 bits per heavy atom. The van der Waals surface area contributed by atoms with Crippen molar-refractivity contribution in [1.29, 1.82) is 0 Å². The Labute approximate surface area is 135 Å². The molecule has 118 valence electrons. The second-order valence-corrected chi connectivity index (χ2v) is 6.98. The van der Waals surface area contributed by atoms with Crippen molar-refractivity contribution in [3.8, 4) is 0 Å². The molecule has 4 nitrogen and oxygen atoms in total. The van der Waals surface area contributed by atoms with Gasteiger partial charge in [-0.25, -0.2) is 0 Å². The van der Waals surface area contributed by atoms with Crippen LogP contribution in [0.15, 0.2) is 4.47 Å². The van der Waals surface area contributed by atoms with Gasteiger partial charge in [-0.15, -0.1) is 0 Å². The number of hydrogen-bond acceptors (Lipinski definition) is 3. The Morgan fingerprint density at radius 3 is 2.81 bits per heavy atom. The first-order valence-electron chi connectivity index (χ1n) is 7.72. The van der Waals surface area contributed by atoms with Gasteiger partial charge in [0.1, 0.15) is 5.60 Å². The number of Topliss-reactive ketones (excluding diaryl/α,β-unsaturated/α-hetero) is 1. The Morgan fingerprint density at radius 1 is 1.57 bits per heavy atom. The average Bonchev–Trinajstić information content (AvgIpc) is 2.74. The predicted octanol–water partition coefficient (Wildman–Crippen LogP) is 3.45. The third-order valence-electron chi connectivity index (χ3n) is 4.69. The number of hydrogen-bond donors (Lipinski definition) is 0. The molecule has 5 heteroatoms. The quantitative estimate of drug-likeness (QED) is 0.811. The summed E-state index contributed by atoms with van der Waals surface area (Å²) in [7, 11) is 3.57. The van der Waals surface area contributed by atoms with E-state index in [2.05, 4.69) is 34.9 Å². The van der Waals surface area contributed by atoms with Crippen molar-refractivity contribution >= 4 is 21.7 Å². The van der Waals surface area contributed by atoms with Gasteiger partial charge in [0.25, 0.3) is 0 Å². The molecule has 21 heavy (non-hydrogen) atoms. The van der Waals surface area contributed by atoms with E-state index in [-0.39, 0.29) is 5.78 Å². The maximum atomic E-state index is 12.9. The van der Waals surface area contributed by atoms with Crippen LogP contribution in [-0.4, -0.2) is 28.3 Å². The fraction of sp³-hybridized carbons (Fsp3) is 0.750. The van der Waals surface area contributed by atoms with Crippen LogP contribution in [0.25, 0.3) is 0 Å². The Hall–Kier alpha value is -0.680. The van der Waals surface area contributed by atoms with Gasteiger partial charge < -0.3 is 4.74 Å². The first-order valence-corrected chi connectivity index (χ1v) is 8.51. The highest BCUT2D eigenvalue weighted by atomic mass is 79.9. The minimum Gasteiger partial charge on any atom is -0.370 e. The van der Waals surface area contributed by atoms with Gasteiger partial charge in [-0.05, 0) is 47.5 Å². The second-order valence-electron chi connectivity index (χ2n) is 6.18. The van der Waals surface area contributed by atoms with Gasteiger partial charge >= 0.3 is 0 Å². The standard InChI is InChI=1S/C16H25BrN2O2/c1-5-12-15(17)13(19(3)18-12)9-14(20)16(21-4)8-6-7-11(2)10-16/h11H,5-10H2,1-4H3. The van der Waals surface area contributed by atoms with Gasteiger partial charge in [0.2, 0.25) is 0 Å². The van der Waals surface area contributed by atoms with Crippen molar-refractivity contribution in [2.75, 3.05) is 7.11 Å². The predicted molar refractivity (Wildman–Crippen MR) is 86.4 cm³/mol. The molecule has 1 saturated carbocycles. The molecular weight excluding hydrogens is 332 g/mol. The molecule has 0 radical (unpaired) electrons. The molecule has 1 aromatic heterocycles. The van der Waals surface area contributed by atoms with E-state index in [0.29, 0.717) is 12.3 Å². The van der Waals surface area contributed by atoms with E-state index in [9.17, 15) is 4.79 Å². The van der Waals surface area contributed by atoms with Crippen LogP contribution in [0.1, 0.15) is 50.9 Å². The molecule has 1 aliphatic carbocycles. The summed E-state index contributed by atoms with van der Waals surface area (Å²) in [5.41, 5.74) is 1.35. The molecule has 0 saturated heterocycles. The normalized spacial score (nSPS) is 26.0. The largest absolute Gasteiger partial charge is 0.370 e. The zero-order valence-corrected chi connectivity index (χ0v) is 15.0. The summed E-state index contributed by atoms with van der Waals surface area (Å²) in [6.07, 6.45) is 5.15. The lowest BCUT2D eigenvalue weighted by Crippen LogP contribution is -2.45. The summed E-state index contributed by atoms with van der Waals surface area (Å²) >= 11 is 3.59. The van der Waals surface area contributed by atoms with E-state index in [0.717, 1.165) is 41.5 Å². The van der Waals surface area contributed by atoms with Crippen LogP contribution in [0.4, 0.5) is 0 Å². The third kappa shape index (κ3) is 3.24. The lowest BCUT2D eigenvalue weighted by atomic mass is 9.75. The zero-order valence-electron chi connectivity index (χ0n) is 13.4. The summed E-state index contributed by atoms with van der Waals surface area (Å²) in [5.74, 6) is 0.728. The van der Waals surface area contributed by atoms with Gasteiger partial charge in [0.05, 0.1) is 22.3 Å². The van der Waals surface area contributed by atoms with E-state index in [4.69, 9.17) is 4.74 Å². The number of halogens is 1. The second kappa shape index (κ2) is 6.61. The summed E-state index contributed by atoms with van der Waals surface area (Å²) in [6.45, 7) is 4.27. The molecule has 0 aromatic carbocycles. The number of ether oxygens (including phenoxy) is 1. The molecule has 0 aliphatic heterocycles. The molecular formula is C16H25BrN2O2. The molecule has 1 heterocycles. The van der Waals surface area contributed by atoms with Crippen molar-refractivity contribution in [1.82, 2.24) is 9.78 Å². The third-order valence-corrected chi connectivity index (χ3v) is 5.60. The zero-order chi connectivity index (χ0) is 15.6. The fourth-order valence-corrected chi connectivity index (χ4v) is 4.14. The van der Waals surface area contributed by atoms with E-state index in [1.54, 1.807) is 7.11 Å². The number of aryl methyl sites for hydroxylation is 2. The lowest BCUT2D eigenvalue weighted by molar-refractivity contribution is -0.146. The van der Waals surface area contributed by atoms with E-state index >= 15 is 0 Å². The van der Waals surface area contributed by atoms with Crippen LogP contribution in [-0.2, 0) is 29.4 Å². The molecule has 2 rings (SSSR count). The minimum atomic E-state index is -0.603. The van der Waals surface area contributed by atoms with Gasteiger partial charge in [-0.1, -0.05) is 20.3 Å². The molecule has 1 aromatic rings. The Kier molecular flexibility index (Phi) is 5.25. The van der Waals surface area contributed by atoms with Gasteiger partial charge in [0.15, 0.2) is 5.78 Å². The fourth-order valence-electron chi connectivity index (χ4n) is 3.38.